The number of aldehydes is 1. The minimum Gasteiger partial charge on any atom is -0.497 e. The van der Waals surface area contributed by atoms with Gasteiger partial charge in [-0.1, -0.05) is 6.07 Å². The number of carbonyl (C=O) groups is 1. The van der Waals surface area contributed by atoms with E-state index in [1.54, 1.807) is 12.1 Å². The van der Waals surface area contributed by atoms with Crippen molar-refractivity contribution in [1.82, 2.24) is 0 Å². The Labute approximate surface area is 82.7 Å². The van der Waals surface area contributed by atoms with Gasteiger partial charge in [0.25, 0.3) is 0 Å². The Morgan fingerprint density at radius 2 is 2.29 bits per heavy atom. The summed E-state index contributed by atoms with van der Waals surface area (Å²) in [6.45, 7) is 0. The van der Waals surface area contributed by atoms with Crippen LogP contribution in [0.5, 0.6) is 5.75 Å². The van der Waals surface area contributed by atoms with Gasteiger partial charge in [-0.3, -0.25) is 0 Å². The van der Waals surface area contributed by atoms with Gasteiger partial charge in [0.1, 0.15) is 17.9 Å². The van der Waals surface area contributed by atoms with E-state index in [1.165, 1.54) is 13.2 Å². The van der Waals surface area contributed by atoms with Crippen LogP contribution in [0.1, 0.15) is 18.4 Å². The lowest BCUT2D eigenvalue weighted by atomic mass is 10.1. The zero-order chi connectivity index (χ0) is 10.4. The Morgan fingerprint density at radius 3 is 2.86 bits per heavy atom. The Kier molecular flexibility index (Phi) is 4.11. The number of methoxy groups -OCH3 is 1. The summed E-state index contributed by atoms with van der Waals surface area (Å²) in [5, 5.41) is 0. The van der Waals surface area contributed by atoms with Crippen LogP contribution in [0.4, 0.5) is 4.39 Å². The summed E-state index contributed by atoms with van der Waals surface area (Å²) in [6.07, 6.45) is 2.61. The van der Waals surface area contributed by atoms with Gasteiger partial charge >= 0.3 is 0 Å². The van der Waals surface area contributed by atoms with Gasteiger partial charge in [0.15, 0.2) is 0 Å². The molecule has 0 amide bonds. The number of ether oxygens (including phenoxy) is 1. The summed E-state index contributed by atoms with van der Waals surface area (Å²) < 4.78 is 18.2. The molecular formula is C11H13FO2. The summed E-state index contributed by atoms with van der Waals surface area (Å²) in [7, 11) is 1.50. The Bertz CT molecular complexity index is 310. The average Bonchev–Trinajstić information content (AvgIpc) is 2.20. The third-order valence-corrected chi connectivity index (χ3v) is 2.03. The molecular weight excluding hydrogens is 183 g/mol. The van der Waals surface area contributed by atoms with E-state index in [1.807, 2.05) is 0 Å². The number of unbranched alkanes of at least 4 members (excludes halogenated alkanes) is 1. The number of aryl methyl sites for hydroxylation is 1. The lowest BCUT2D eigenvalue weighted by Gasteiger charge is -2.04. The molecule has 76 valence electrons. The molecule has 0 saturated heterocycles. The number of benzene rings is 1. The highest BCUT2D eigenvalue weighted by Gasteiger charge is 2.03. The van der Waals surface area contributed by atoms with Crippen molar-refractivity contribution in [2.24, 2.45) is 0 Å². The molecule has 0 saturated carbocycles. The van der Waals surface area contributed by atoms with E-state index < -0.39 is 0 Å². The van der Waals surface area contributed by atoms with Crippen molar-refractivity contribution in [2.45, 2.75) is 19.3 Å². The van der Waals surface area contributed by atoms with Gasteiger partial charge in [-0.2, -0.15) is 0 Å². The fourth-order valence-corrected chi connectivity index (χ4v) is 1.23. The van der Waals surface area contributed by atoms with Gasteiger partial charge in [-0.05, 0) is 24.5 Å². The molecule has 0 heterocycles. The highest BCUT2D eigenvalue weighted by atomic mass is 19.1. The Morgan fingerprint density at radius 1 is 1.50 bits per heavy atom. The van der Waals surface area contributed by atoms with Crippen molar-refractivity contribution >= 4 is 6.29 Å². The lowest BCUT2D eigenvalue weighted by molar-refractivity contribution is -0.107. The molecule has 0 radical (unpaired) electrons. The van der Waals surface area contributed by atoms with Crippen LogP contribution in [0.3, 0.4) is 0 Å². The molecule has 0 aliphatic heterocycles. The SMILES string of the molecule is COc1ccc(CCCC=O)c(F)c1. The van der Waals surface area contributed by atoms with Crippen molar-refractivity contribution in [3.63, 3.8) is 0 Å². The molecule has 0 N–H and O–H groups in total. The molecule has 3 heteroatoms. The predicted molar refractivity (Wildman–Crippen MR) is 52.0 cm³/mol. The summed E-state index contributed by atoms with van der Waals surface area (Å²) in [6, 6.07) is 4.77. The minimum absolute atomic E-state index is 0.268. The predicted octanol–water partition coefficient (Wildman–Crippen LogP) is 2.36. The summed E-state index contributed by atoms with van der Waals surface area (Å²) in [4.78, 5) is 10.1. The van der Waals surface area contributed by atoms with Gasteiger partial charge in [-0.25, -0.2) is 4.39 Å². The highest BCUT2D eigenvalue weighted by Crippen LogP contribution is 2.17. The summed E-state index contributed by atoms with van der Waals surface area (Å²) in [5.74, 6) is 0.247. The van der Waals surface area contributed by atoms with E-state index >= 15 is 0 Å². The smallest absolute Gasteiger partial charge is 0.130 e. The third-order valence-electron chi connectivity index (χ3n) is 2.03. The van der Waals surface area contributed by atoms with Crippen molar-refractivity contribution in [3.8, 4) is 5.75 Å². The van der Waals surface area contributed by atoms with Crippen LogP contribution in [-0.4, -0.2) is 13.4 Å². The number of rotatable bonds is 5. The zero-order valence-corrected chi connectivity index (χ0v) is 8.13. The molecule has 14 heavy (non-hydrogen) atoms. The van der Waals surface area contributed by atoms with E-state index in [0.717, 1.165) is 6.29 Å². The first-order chi connectivity index (χ1) is 6.77. The maximum Gasteiger partial charge on any atom is 0.130 e. The molecule has 0 aliphatic carbocycles. The third kappa shape index (κ3) is 2.83. The molecule has 0 bridgehead atoms. The van der Waals surface area contributed by atoms with E-state index in [2.05, 4.69) is 0 Å². The molecule has 0 unspecified atom stereocenters. The van der Waals surface area contributed by atoms with Gasteiger partial charge in [0.05, 0.1) is 7.11 Å². The number of hydrogen-bond acceptors (Lipinski definition) is 2. The van der Waals surface area contributed by atoms with Crippen molar-refractivity contribution in [3.05, 3.63) is 29.6 Å². The molecule has 0 fully saturated rings. The van der Waals surface area contributed by atoms with E-state index in [0.29, 0.717) is 30.6 Å². The first-order valence-corrected chi connectivity index (χ1v) is 4.54. The van der Waals surface area contributed by atoms with E-state index in [9.17, 15) is 9.18 Å². The van der Waals surface area contributed by atoms with Crippen LogP contribution in [0, 0.1) is 5.82 Å². The molecule has 1 rings (SSSR count). The van der Waals surface area contributed by atoms with Crippen molar-refractivity contribution < 1.29 is 13.9 Å². The zero-order valence-electron chi connectivity index (χ0n) is 8.13. The fraction of sp³-hybridized carbons (Fsp3) is 0.364. The first-order valence-electron chi connectivity index (χ1n) is 4.54. The molecule has 2 nitrogen and oxygen atoms in total. The van der Waals surface area contributed by atoms with Crippen LogP contribution in [0.25, 0.3) is 0 Å². The summed E-state index contributed by atoms with van der Waals surface area (Å²) >= 11 is 0. The van der Waals surface area contributed by atoms with Gasteiger partial charge < -0.3 is 9.53 Å². The minimum atomic E-state index is -0.268. The normalized spacial score (nSPS) is 9.86. The standard InChI is InChI=1S/C11H13FO2/c1-14-10-6-5-9(11(12)8-10)4-2-3-7-13/h5-8H,2-4H2,1H3. The van der Waals surface area contributed by atoms with Crippen LogP contribution in [0.2, 0.25) is 0 Å². The van der Waals surface area contributed by atoms with Crippen LogP contribution in [0.15, 0.2) is 18.2 Å². The second-order valence-electron chi connectivity index (χ2n) is 3.02. The number of halogens is 1. The van der Waals surface area contributed by atoms with Gasteiger partial charge in [-0.15, -0.1) is 0 Å². The molecule has 0 spiro atoms. The number of carbonyl (C=O) groups excluding carboxylic acids is 1. The largest absolute Gasteiger partial charge is 0.497 e. The van der Waals surface area contributed by atoms with E-state index in [4.69, 9.17) is 4.74 Å². The lowest BCUT2D eigenvalue weighted by Crippen LogP contribution is -1.92. The Hall–Kier alpha value is -1.38. The van der Waals surface area contributed by atoms with Gasteiger partial charge in [0, 0.05) is 12.5 Å². The molecule has 0 aliphatic rings. The molecule has 1 aromatic carbocycles. The van der Waals surface area contributed by atoms with Crippen LogP contribution in [-0.2, 0) is 11.2 Å². The van der Waals surface area contributed by atoms with E-state index in [-0.39, 0.29) is 5.82 Å². The highest BCUT2D eigenvalue weighted by molar-refractivity contribution is 5.49. The first kappa shape index (κ1) is 10.7. The Balaban J connectivity index is 2.63. The number of hydrogen-bond donors (Lipinski definition) is 0. The maximum atomic E-state index is 13.3. The second-order valence-corrected chi connectivity index (χ2v) is 3.02. The molecule has 0 aromatic heterocycles. The quantitative estimate of drug-likeness (QED) is 0.533. The monoisotopic (exact) mass is 196 g/mol. The fourth-order valence-electron chi connectivity index (χ4n) is 1.23. The molecule has 0 atom stereocenters. The maximum absolute atomic E-state index is 13.3. The molecule has 1 aromatic rings. The summed E-state index contributed by atoms with van der Waals surface area (Å²) in [5.41, 5.74) is 0.632. The topological polar surface area (TPSA) is 26.3 Å². The van der Waals surface area contributed by atoms with Crippen molar-refractivity contribution in [1.29, 1.82) is 0 Å². The average molecular weight is 196 g/mol. The van der Waals surface area contributed by atoms with Gasteiger partial charge in [0.2, 0.25) is 0 Å². The van der Waals surface area contributed by atoms with Crippen LogP contribution >= 0.6 is 0 Å². The van der Waals surface area contributed by atoms with Crippen LogP contribution < -0.4 is 4.74 Å². The second kappa shape index (κ2) is 5.37. The van der Waals surface area contributed by atoms with Crippen molar-refractivity contribution in [2.75, 3.05) is 7.11 Å².